The number of likely N-dealkylation sites (N-methyl/N-ethyl adjacent to an activating group) is 1. The number of rotatable bonds is 10. The molecule has 0 spiro atoms. The molecule has 1 aliphatic heterocycles. The average Bonchev–Trinajstić information content (AvgIpc) is 2.93. The number of hydrogen-bond donors (Lipinski definition) is 1. The van der Waals surface area contributed by atoms with Crippen LogP contribution in [-0.2, 0) is 32.6 Å². The van der Waals surface area contributed by atoms with Gasteiger partial charge in [-0.2, -0.15) is 0 Å². The molecule has 1 aliphatic rings. The quantitative estimate of drug-likeness (QED) is 0.416. The van der Waals surface area contributed by atoms with Gasteiger partial charge in [0.2, 0.25) is 21.8 Å². The molecule has 39 heavy (non-hydrogen) atoms. The Balaban J connectivity index is 1.72. The second-order valence-corrected chi connectivity index (χ2v) is 11.3. The molecule has 0 saturated carbocycles. The molecule has 0 aliphatic carbocycles. The van der Waals surface area contributed by atoms with Crippen molar-refractivity contribution in [1.29, 1.82) is 0 Å². The third kappa shape index (κ3) is 6.88. The Morgan fingerprint density at radius 3 is 2.28 bits per heavy atom. The van der Waals surface area contributed by atoms with Crippen LogP contribution in [0.15, 0.2) is 72.8 Å². The lowest BCUT2D eigenvalue weighted by atomic mass is 10.0. The second kappa shape index (κ2) is 12.2. The summed E-state index contributed by atoms with van der Waals surface area (Å²) >= 11 is 0. The average molecular weight is 552 g/mol. The number of amides is 2. The van der Waals surface area contributed by atoms with E-state index in [-0.39, 0.29) is 24.6 Å². The SMILES string of the molecule is CNC(=O)[C@H](Cc1ccccc1)N(Cc1ccccc1C)C(=O)CN(c1ccc2c(c1)OCCO2)S(C)(=O)=O. The fourth-order valence-electron chi connectivity index (χ4n) is 4.49. The van der Waals surface area contributed by atoms with Crippen LogP contribution in [0.25, 0.3) is 0 Å². The van der Waals surface area contributed by atoms with E-state index in [1.165, 1.54) is 11.9 Å². The van der Waals surface area contributed by atoms with E-state index in [0.29, 0.717) is 24.7 Å². The van der Waals surface area contributed by atoms with Gasteiger partial charge in [-0.3, -0.25) is 13.9 Å². The van der Waals surface area contributed by atoms with Gasteiger partial charge >= 0.3 is 0 Å². The maximum atomic E-state index is 14.0. The van der Waals surface area contributed by atoms with Crippen LogP contribution in [0.1, 0.15) is 16.7 Å². The number of hydrogen-bond acceptors (Lipinski definition) is 6. The minimum absolute atomic E-state index is 0.134. The minimum atomic E-state index is -3.88. The summed E-state index contributed by atoms with van der Waals surface area (Å²) in [6, 6.07) is 20.9. The molecule has 1 atom stereocenters. The van der Waals surface area contributed by atoms with E-state index in [9.17, 15) is 18.0 Å². The smallest absolute Gasteiger partial charge is 0.244 e. The first-order valence-electron chi connectivity index (χ1n) is 12.6. The molecule has 0 radical (unpaired) electrons. The summed E-state index contributed by atoms with van der Waals surface area (Å²) in [7, 11) is -2.35. The molecular weight excluding hydrogens is 518 g/mol. The van der Waals surface area contributed by atoms with E-state index in [4.69, 9.17) is 9.47 Å². The number of nitrogens with zero attached hydrogens (tertiary/aromatic N) is 2. The van der Waals surface area contributed by atoms with Crippen LogP contribution in [-0.4, -0.2) is 64.2 Å². The van der Waals surface area contributed by atoms with Crippen molar-refractivity contribution in [3.05, 3.63) is 89.5 Å². The largest absolute Gasteiger partial charge is 0.486 e. The Labute approximate surface area is 229 Å². The van der Waals surface area contributed by atoms with Crippen molar-refractivity contribution in [3.8, 4) is 11.5 Å². The van der Waals surface area contributed by atoms with Crippen LogP contribution in [0.2, 0.25) is 0 Å². The third-order valence-corrected chi connectivity index (χ3v) is 7.75. The van der Waals surface area contributed by atoms with Crippen molar-refractivity contribution >= 4 is 27.5 Å². The maximum Gasteiger partial charge on any atom is 0.244 e. The number of carbonyl (C=O) groups excluding carboxylic acids is 2. The molecule has 0 unspecified atom stereocenters. The van der Waals surface area contributed by atoms with Crippen LogP contribution < -0.4 is 19.1 Å². The minimum Gasteiger partial charge on any atom is -0.486 e. The lowest BCUT2D eigenvalue weighted by Gasteiger charge is -2.33. The Kier molecular flexibility index (Phi) is 8.75. The van der Waals surface area contributed by atoms with Gasteiger partial charge in [-0.1, -0.05) is 54.6 Å². The molecular formula is C29H33N3O6S. The Bertz CT molecular complexity index is 1430. The summed E-state index contributed by atoms with van der Waals surface area (Å²) in [6.45, 7) is 2.31. The zero-order chi connectivity index (χ0) is 28.0. The molecule has 0 aromatic heterocycles. The number of nitrogens with one attached hydrogen (secondary N) is 1. The summed E-state index contributed by atoms with van der Waals surface area (Å²) < 4.78 is 38.1. The zero-order valence-corrected chi connectivity index (χ0v) is 23.1. The Morgan fingerprint density at radius 1 is 0.949 bits per heavy atom. The Morgan fingerprint density at radius 2 is 1.62 bits per heavy atom. The third-order valence-electron chi connectivity index (χ3n) is 6.61. The number of anilines is 1. The molecule has 1 heterocycles. The van der Waals surface area contributed by atoms with Crippen molar-refractivity contribution in [2.45, 2.75) is 25.9 Å². The van der Waals surface area contributed by atoms with E-state index in [0.717, 1.165) is 27.3 Å². The molecule has 10 heteroatoms. The molecule has 1 N–H and O–H groups in total. The highest BCUT2D eigenvalue weighted by Crippen LogP contribution is 2.34. The molecule has 0 fully saturated rings. The molecule has 4 rings (SSSR count). The van der Waals surface area contributed by atoms with E-state index in [1.807, 2.05) is 61.5 Å². The molecule has 0 bridgehead atoms. The van der Waals surface area contributed by atoms with Gasteiger partial charge in [0.05, 0.1) is 11.9 Å². The summed E-state index contributed by atoms with van der Waals surface area (Å²) in [5.41, 5.74) is 2.96. The number of sulfonamides is 1. The highest BCUT2D eigenvalue weighted by Gasteiger charge is 2.33. The maximum absolute atomic E-state index is 14.0. The molecule has 0 saturated heterocycles. The first kappa shape index (κ1) is 28.0. The van der Waals surface area contributed by atoms with Crippen LogP contribution in [0.5, 0.6) is 11.5 Å². The van der Waals surface area contributed by atoms with Gasteiger partial charge in [0.25, 0.3) is 0 Å². The molecule has 3 aromatic carbocycles. The van der Waals surface area contributed by atoms with Crippen LogP contribution >= 0.6 is 0 Å². The van der Waals surface area contributed by atoms with E-state index < -0.39 is 28.5 Å². The first-order valence-corrected chi connectivity index (χ1v) is 14.5. The summed E-state index contributed by atoms with van der Waals surface area (Å²) in [6.07, 6.45) is 1.31. The van der Waals surface area contributed by atoms with Gasteiger partial charge in [-0.15, -0.1) is 0 Å². The fourth-order valence-corrected chi connectivity index (χ4v) is 5.33. The number of fused-ring (bicyclic) bond motifs is 1. The number of ether oxygens (including phenoxy) is 2. The number of benzene rings is 3. The predicted molar refractivity (Wildman–Crippen MR) is 149 cm³/mol. The van der Waals surface area contributed by atoms with Crippen molar-refractivity contribution in [3.63, 3.8) is 0 Å². The van der Waals surface area contributed by atoms with Gasteiger partial charge in [0.1, 0.15) is 25.8 Å². The lowest BCUT2D eigenvalue weighted by Crippen LogP contribution is -2.53. The monoisotopic (exact) mass is 551 g/mol. The van der Waals surface area contributed by atoms with Crippen molar-refractivity contribution in [2.75, 3.05) is 37.4 Å². The molecule has 9 nitrogen and oxygen atoms in total. The van der Waals surface area contributed by atoms with Gasteiger partial charge < -0.3 is 19.7 Å². The van der Waals surface area contributed by atoms with Crippen LogP contribution in [0.4, 0.5) is 5.69 Å². The van der Waals surface area contributed by atoms with Crippen LogP contribution in [0.3, 0.4) is 0 Å². The van der Waals surface area contributed by atoms with Crippen molar-refractivity contribution in [2.24, 2.45) is 0 Å². The molecule has 2 amide bonds. The molecule has 3 aromatic rings. The normalized spacial score (nSPS) is 13.3. The summed E-state index contributed by atoms with van der Waals surface area (Å²) in [5.74, 6) is 0.0616. The number of carbonyl (C=O) groups is 2. The van der Waals surface area contributed by atoms with E-state index in [1.54, 1.807) is 18.2 Å². The molecule has 206 valence electrons. The van der Waals surface area contributed by atoms with Crippen molar-refractivity contribution in [1.82, 2.24) is 10.2 Å². The van der Waals surface area contributed by atoms with Gasteiger partial charge in [-0.25, -0.2) is 8.42 Å². The summed E-state index contributed by atoms with van der Waals surface area (Å²) in [5, 5.41) is 2.68. The zero-order valence-electron chi connectivity index (χ0n) is 22.3. The first-order chi connectivity index (χ1) is 18.7. The van der Waals surface area contributed by atoms with Crippen LogP contribution in [0, 0.1) is 6.92 Å². The highest BCUT2D eigenvalue weighted by atomic mass is 32.2. The fraction of sp³-hybridized carbons (Fsp3) is 0.310. The van der Waals surface area contributed by atoms with Gasteiger partial charge in [-0.05, 0) is 35.7 Å². The Hall–Kier alpha value is -4.05. The van der Waals surface area contributed by atoms with Gasteiger partial charge in [0, 0.05) is 26.1 Å². The lowest BCUT2D eigenvalue weighted by molar-refractivity contribution is -0.139. The second-order valence-electron chi connectivity index (χ2n) is 9.37. The van der Waals surface area contributed by atoms with E-state index >= 15 is 0 Å². The standard InChI is InChI=1S/C29H33N3O6S/c1-21-9-7-8-12-23(21)19-31(25(29(34)30-2)17-22-10-5-4-6-11-22)28(33)20-32(39(3,35)36)24-13-14-26-27(18-24)38-16-15-37-26/h4-14,18,25H,15-17,19-20H2,1-3H3,(H,30,34)/t25-/m0/s1. The number of aryl methyl sites for hydroxylation is 1. The van der Waals surface area contributed by atoms with Gasteiger partial charge in [0.15, 0.2) is 11.5 Å². The predicted octanol–water partition coefficient (Wildman–Crippen LogP) is 2.92. The summed E-state index contributed by atoms with van der Waals surface area (Å²) in [4.78, 5) is 28.7. The topological polar surface area (TPSA) is 105 Å². The van der Waals surface area contributed by atoms with Crippen molar-refractivity contribution < 1.29 is 27.5 Å². The van der Waals surface area contributed by atoms with E-state index in [2.05, 4.69) is 5.32 Å². The highest BCUT2D eigenvalue weighted by molar-refractivity contribution is 7.92.